The molecule has 0 radical (unpaired) electrons. The SMILES string of the molecule is C=C(C)OC1C[C@@]2(C)[C@@H](C[C@@H](O)[C@H]3[C@@]4(C)CC[C@@H](C)[C@H](C)[C@@H]4CC[C@@]32C)/C1=C(\CCC(=C(C)C)c1ccccc1)C(=O)OCOC(=O)C(C)(C)C. The summed E-state index contributed by atoms with van der Waals surface area (Å²) in [7, 11) is 0. The lowest BCUT2D eigenvalue weighted by molar-refractivity contribution is -0.229. The number of esters is 2. The highest BCUT2D eigenvalue weighted by Gasteiger charge is 2.70. The lowest BCUT2D eigenvalue weighted by Crippen LogP contribution is -2.65. The van der Waals surface area contributed by atoms with Crippen molar-refractivity contribution < 1.29 is 28.9 Å². The van der Waals surface area contributed by atoms with Crippen LogP contribution in [0.5, 0.6) is 0 Å². The van der Waals surface area contributed by atoms with Gasteiger partial charge in [-0.2, -0.15) is 0 Å². The highest BCUT2D eigenvalue weighted by molar-refractivity contribution is 5.90. The number of hydrogen-bond acceptors (Lipinski definition) is 6. The topological polar surface area (TPSA) is 82.1 Å². The van der Waals surface area contributed by atoms with Crippen molar-refractivity contribution in [3.8, 4) is 0 Å². The zero-order chi connectivity index (χ0) is 37.7. The van der Waals surface area contributed by atoms with Crippen LogP contribution >= 0.6 is 0 Å². The molecule has 1 aromatic rings. The quantitative estimate of drug-likeness (QED) is 0.119. The van der Waals surface area contributed by atoms with Crippen LogP contribution < -0.4 is 0 Å². The van der Waals surface area contributed by atoms with Gasteiger partial charge in [0.15, 0.2) is 0 Å². The largest absolute Gasteiger partial charge is 0.491 e. The molecule has 5 rings (SSSR count). The number of fused-ring (bicyclic) bond motifs is 5. The van der Waals surface area contributed by atoms with Crippen molar-refractivity contribution in [2.75, 3.05) is 6.79 Å². The van der Waals surface area contributed by atoms with Gasteiger partial charge >= 0.3 is 11.9 Å². The van der Waals surface area contributed by atoms with Crippen molar-refractivity contribution in [1.82, 2.24) is 0 Å². The zero-order valence-corrected chi connectivity index (χ0v) is 33.5. The van der Waals surface area contributed by atoms with Gasteiger partial charge in [0.1, 0.15) is 6.10 Å². The second-order valence-electron chi connectivity index (χ2n) is 18.7. The minimum absolute atomic E-state index is 0.0518. The highest BCUT2D eigenvalue weighted by Crippen LogP contribution is 2.74. The van der Waals surface area contributed by atoms with Crippen molar-refractivity contribution in [1.29, 1.82) is 0 Å². The summed E-state index contributed by atoms with van der Waals surface area (Å²) in [6.07, 6.45) is 6.07. The van der Waals surface area contributed by atoms with E-state index in [-0.39, 0.29) is 34.2 Å². The zero-order valence-electron chi connectivity index (χ0n) is 33.5. The van der Waals surface area contributed by atoms with E-state index in [1.807, 2.05) is 25.1 Å². The third-order valence-electron chi connectivity index (χ3n) is 14.4. The third-order valence-corrected chi connectivity index (χ3v) is 14.4. The van der Waals surface area contributed by atoms with Gasteiger partial charge in [-0.3, -0.25) is 4.79 Å². The molecule has 6 heteroatoms. The molecule has 1 aromatic carbocycles. The number of carbonyl (C=O) groups is 2. The van der Waals surface area contributed by atoms with Crippen LogP contribution in [0.3, 0.4) is 0 Å². The van der Waals surface area contributed by atoms with Crippen molar-refractivity contribution in [3.05, 3.63) is 65.0 Å². The number of aliphatic hydroxyl groups is 1. The second kappa shape index (κ2) is 14.5. The first-order valence-electron chi connectivity index (χ1n) is 19.6. The maximum atomic E-state index is 14.4. The lowest BCUT2D eigenvalue weighted by Gasteiger charge is -2.69. The first kappa shape index (κ1) is 39.3. The number of rotatable bonds is 9. The van der Waals surface area contributed by atoms with E-state index in [0.717, 1.165) is 36.8 Å². The minimum Gasteiger partial charge on any atom is -0.491 e. The van der Waals surface area contributed by atoms with E-state index < -0.39 is 30.3 Å². The average Bonchev–Trinajstić information content (AvgIpc) is 3.31. The second-order valence-corrected chi connectivity index (χ2v) is 18.7. The van der Waals surface area contributed by atoms with Crippen molar-refractivity contribution >= 4 is 17.5 Å². The molecule has 10 atom stereocenters. The van der Waals surface area contributed by atoms with Crippen LogP contribution in [0, 0.1) is 51.2 Å². The van der Waals surface area contributed by atoms with Crippen LogP contribution in [0.4, 0.5) is 0 Å². The molecule has 0 amide bonds. The average molecular weight is 703 g/mol. The van der Waals surface area contributed by atoms with Crippen LogP contribution in [0.15, 0.2) is 59.4 Å². The molecular formula is C45H66O6. The molecule has 0 saturated heterocycles. The Kier molecular flexibility index (Phi) is 11.2. The summed E-state index contributed by atoms with van der Waals surface area (Å²) in [5.74, 6) is 1.69. The van der Waals surface area contributed by atoms with E-state index in [1.165, 1.54) is 17.6 Å². The number of benzene rings is 1. The van der Waals surface area contributed by atoms with Crippen LogP contribution in [-0.4, -0.2) is 36.0 Å². The number of allylic oxidation sites excluding steroid dienone is 3. The maximum absolute atomic E-state index is 14.4. The van der Waals surface area contributed by atoms with Gasteiger partial charge in [0.25, 0.3) is 0 Å². The van der Waals surface area contributed by atoms with E-state index in [4.69, 9.17) is 14.2 Å². The molecule has 0 heterocycles. The molecule has 4 fully saturated rings. The Labute approximate surface area is 308 Å². The van der Waals surface area contributed by atoms with Crippen LogP contribution in [0.1, 0.15) is 133 Å². The number of ether oxygens (including phenoxy) is 3. The van der Waals surface area contributed by atoms with E-state index >= 15 is 0 Å². The summed E-state index contributed by atoms with van der Waals surface area (Å²) in [5.41, 5.74) is 3.96. The van der Waals surface area contributed by atoms with Gasteiger partial charge < -0.3 is 19.3 Å². The third kappa shape index (κ3) is 7.12. The van der Waals surface area contributed by atoms with Crippen molar-refractivity contribution in [2.45, 2.75) is 140 Å². The number of hydrogen-bond donors (Lipinski definition) is 1. The highest BCUT2D eigenvalue weighted by atomic mass is 16.7. The van der Waals surface area contributed by atoms with Gasteiger partial charge in [0, 0.05) is 5.57 Å². The molecule has 0 aromatic heterocycles. The molecular weight excluding hydrogens is 636 g/mol. The normalized spacial score (nSPS) is 36.9. The molecule has 4 saturated carbocycles. The van der Waals surface area contributed by atoms with Gasteiger partial charge in [-0.15, -0.1) is 0 Å². The minimum atomic E-state index is -0.719. The molecule has 6 nitrogen and oxygen atoms in total. The molecule has 0 spiro atoms. The van der Waals surface area contributed by atoms with Crippen LogP contribution in [-0.2, 0) is 23.8 Å². The van der Waals surface area contributed by atoms with Crippen LogP contribution in [0.2, 0.25) is 0 Å². The summed E-state index contributed by atoms with van der Waals surface area (Å²) < 4.78 is 17.9. The Morgan fingerprint density at radius 1 is 0.941 bits per heavy atom. The first-order valence-corrected chi connectivity index (χ1v) is 19.6. The predicted octanol–water partition coefficient (Wildman–Crippen LogP) is 10.5. The first-order chi connectivity index (χ1) is 23.8. The maximum Gasteiger partial charge on any atom is 0.336 e. The lowest BCUT2D eigenvalue weighted by atomic mass is 9.36. The fraction of sp³-hybridized carbons (Fsp3) is 0.689. The van der Waals surface area contributed by atoms with E-state index in [1.54, 1.807) is 20.8 Å². The standard InChI is InChI=1S/C45H66O6/c1-27(2)32(31-16-14-13-15-17-31)18-19-33(40(47)49-26-50-41(48)42(7,8)9)38-35-24-36(46)39-43(10)22-20-29(5)30(6)34(43)21-23-44(39,11)45(35,12)25-37(38)51-28(3)4/h13-17,29-30,34-37,39,46H,3,18-26H2,1-2,4-12H3/b38-33-/t29-,30+,34+,35+,36-,37?,39+,43+,44+,45+/m1/s1. The summed E-state index contributed by atoms with van der Waals surface area (Å²) in [5, 5.41) is 12.4. The molecule has 1 N–H and O–H groups in total. The summed E-state index contributed by atoms with van der Waals surface area (Å²) >= 11 is 0. The Morgan fingerprint density at radius 3 is 2.22 bits per heavy atom. The van der Waals surface area contributed by atoms with Crippen molar-refractivity contribution in [2.24, 2.45) is 51.2 Å². The van der Waals surface area contributed by atoms with E-state index in [9.17, 15) is 14.7 Å². The van der Waals surface area contributed by atoms with E-state index in [0.29, 0.717) is 48.3 Å². The van der Waals surface area contributed by atoms with Gasteiger partial charge in [-0.05, 0) is 155 Å². The van der Waals surface area contributed by atoms with E-state index in [2.05, 4.69) is 67.2 Å². The molecule has 4 aliphatic carbocycles. The molecule has 4 aliphatic rings. The fourth-order valence-electron chi connectivity index (χ4n) is 11.5. The fourth-order valence-corrected chi connectivity index (χ4v) is 11.5. The monoisotopic (exact) mass is 702 g/mol. The van der Waals surface area contributed by atoms with Gasteiger partial charge in [0.05, 0.1) is 17.3 Å². The summed E-state index contributed by atoms with van der Waals surface area (Å²) in [4.78, 5) is 27.0. The van der Waals surface area contributed by atoms with Gasteiger partial charge in [-0.1, -0.05) is 77.1 Å². The predicted molar refractivity (Wildman–Crippen MR) is 204 cm³/mol. The Hall–Kier alpha value is -2.86. The summed E-state index contributed by atoms with van der Waals surface area (Å²) in [6, 6.07) is 10.3. The molecule has 0 aliphatic heterocycles. The number of carbonyl (C=O) groups excluding carboxylic acids is 2. The molecule has 282 valence electrons. The molecule has 1 unspecified atom stereocenters. The number of aliphatic hydroxyl groups excluding tert-OH is 1. The smallest absolute Gasteiger partial charge is 0.336 e. The van der Waals surface area contributed by atoms with Gasteiger partial charge in [0.2, 0.25) is 6.79 Å². The van der Waals surface area contributed by atoms with Gasteiger partial charge in [-0.25, -0.2) is 4.79 Å². The summed E-state index contributed by atoms with van der Waals surface area (Å²) in [6.45, 7) is 27.3. The molecule has 51 heavy (non-hydrogen) atoms. The Morgan fingerprint density at radius 2 is 1.61 bits per heavy atom. The Balaban J connectivity index is 1.60. The molecule has 0 bridgehead atoms. The van der Waals surface area contributed by atoms with Crippen molar-refractivity contribution in [3.63, 3.8) is 0 Å². The Bertz CT molecular complexity index is 1540. The van der Waals surface area contributed by atoms with Crippen LogP contribution in [0.25, 0.3) is 5.57 Å².